The van der Waals surface area contributed by atoms with Gasteiger partial charge in [0, 0.05) is 25.1 Å². The summed E-state index contributed by atoms with van der Waals surface area (Å²) in [4.78, 5) is 9.33. The van der Waals surface area contributed by atoms with Crippen LogP contribution in [-0.2, 0) is 0 Å². The predicted octanol–water partition coefficient (Wildman–Crippen LogP) is 3.78. The van der Waals surface area contributed by atoms with Crippen molar-refractivity contribution >= 4 is 11.6 Å². The highest BCUT2D eigenvalue weighted by Crippen LogP contribution is 2.44. The minimum atomic E-state index is 0.517. The summed E-state index contributed by atoms with van der Waals surface area (Å²) < 4.78 is 0. The summed E-state index contributed by atoms with van der Waals surface area (Å²) in [5.74, 6) is 3.58. The summed E-state index contributed by atoms with van der Waals surface area (Å²) >= 11 is 0. The lowest BCUT2D eigenvalue weighted by atomic mass is 9.67. The van der Waals surface area contributed by atoms with Gasteiger partial charge < -0.3 is 10.6 Å². The third-order valence-corrected chi connectivity index (χ3v) is 4.85. The third-order valence-electron chi connectivity index (χ3n) is 4.85. The fraction of sp³-hybridized carbons (Fsp3) is 0.750. The molecule has 0 amide bonds. The van der Waals surface area contributed by atoms with E-state index in [-0.39, 0.29) is 0 Å². The number of nitrogens with one attached hydrogen (secondary N) is 2. The molecule has 0 bridgehead atoms. The average molecular weight is 274 g/mol. The molecule has 2 saturated carbocycles. The molecule has 1 aromatic heterocycles. The molecule has 4 nitrogen and oxygen atoms in total. The van der Waals surface area contributed by atoms with Crippen molar-refractivity contribution in [1.29, 1.82) is 0 Å². The summed E-state index contributed by atoms with van der Waals surface area (Å²) in [7, 11) is 0. The van der Waals surface area contributed by atoms with Crippen LogP contribution in [0, 0.1) is 5.41 Å². The van der Waals surface area contributed by atoms with E-state index in [2.05, 4.69) is 35.5 Å². The molecule has 0 aliphatic heterocycles. The maximum Gasteiger partial charge on any atom is 0.136 e. The Balaban J connectivity index is 1.70. The predicted molar refractivity (Wildman–Crippen MR) is 83.2 cm³/mol. The van der Waals surface area contributed by atoms with Crippen molar-refractivity contribution in [3.63, 3.8) is 0 Å². The Morgan fingerprint density at radius 1 is 1.15 bits per heavy atom. The van der Waals surface area contributed by atoms with Gasteiger partial charge in [-0.1, -0.05) is 13.3 Å². The van der Waals surface area contributed by atoms with E-state index in [9.17, 15) is 0 Å². The molecule has 1 heterocycles. The Hall–Kier alpha value is -1.32. The topological polar surface area (TPSA) is 49.8 Å². The van der Waals surface area contributed by atoms with Crippen molar-refractivity contribution in [3.05, 3.63) is 11.9 Å². The maximum absolute atomic E-state index is 4.71. The normalized spacial score (nSPS) is 20.3. The van der Waals surface area contributed by atoms with E-state index < -0.39 is 0 Å². The SMILES string of the molecule is CCNc1cc(NCC2(CC)CCC2)nc(C2CC2)n1. The summed E-state index contributed by atoms with van der Waals surface area (Å²) in [5, 5.41) is 6.89. The summed E-state index contributed by atoms with van der Waals surface area (Å²) in [6.45, 7) is 6.36. The Morgan fingerprint density at radius 3 is 2.35 bits per heavy atom. The van der Waals surface area contributed by atoms with Crippen LogP contribution in [-0.4, -0.2) is 23.1 Å². The fourth-order valence-electron chi connectivity index (χ4n) is 2.96. The van der Waals surface area contributed by atoms with Crippen LogP contribution in [0.1, 0.15) is 64.1 Å². The Labute approximate surface area is 121 Å². The number of nitrogens with zero attached hydrogens (tertiary/aromatic N) is 2. The van der Waals surface area contributed by atoms with Crippen LogP contribution in [0.15, 0.2) is 6.07 Å². The first-order chi connectivity index (χ1) is 9.74. The molecule has 2 N–H and O–H groups in total. The van der Waals surface area contributed by atoms with E-state index in [1.165, 1.54) is 38.5 Å². The smallest absolute Gasteiger partial charge is 0.136 e. The van der Waals surface area contributed by atoms with Crippen LogP contribution in [0.4, 0.5) is 11.6 Å². The van der Waals surface area contributed by atoms with Gasteiger partial charge in [0.05, 0.1) is 0 Å². The van der Waals surface area contributed by atoms with Crippen LogP contribution < -0.4 is 10.6 Å². The largest absolute Gasteiger partial charge is 0.370 e. The zero-order chi connectivity index (χ0) is 14.0. The molecule has 0 saturated heterocycles. The standard InChI is InChI=1S/C16H26N4/c1-3-16(8-5-9-16)11-18-14-10-13(17-4-2)19-15(20-14)12-6-7-12/h10,12H,3-9,11H2,1-2H3,(H2,17,18,19,20). The highest BCUT2D eigenvalue weighted by Gasteiger charge is 2.35. The molecule has 110 valence electrons. The Morgan fingerprint density at radius 2 is 1.85 bits per heavy atom. The van der Waals surface area contributed by atoms with Gasteiger partial charge in [-0.3, -0.25) is 0 Å². The van der Waals surface area contributed by atoms with Gasteiger partial charge >= 0.3 is 0 Å². The second-order valence-electron chi connectivity index (χ2n) is 6.36. The molecule has 3 rings (SSSR count). The number of aromatic nitrogens is 2. The zero-order valence-corrected chi connectivity index (χ0v) is 12.7. The van der Waals surface area contributed by atoms with Gasteiger partial charge in [0.25, 0.3) is 0 Å². The molecule has 0 aromatic carbocycles. The van der Waals surface area contributed by atoms with Crippen molar-refractivity contribution < 1.29 is 0 Å². The number of anilines is 2. The lowest BCUT2D eigenvalue weighted by Crippen LogP contribution is -2.36. The van der Waals surface area contributed by atoms with E-state index in [1.54, 1.807) is 0 Å². The first kappa shape index (κ1) is 13.7. The minimum absolute atomic E-state index is 0.517. The molecule has 4 heteroatoms. The molecule has 2 aliphatic rings. The quantitative estimate of drug-likeness (QED) is 0.794. The van der Waals surface area contributed by atoms with Gasteiger partial charge in [-0.05, 0) is 44.4 Å². The third kappa shape index (κ3) is 2.89. The second kappa shape index (κ2) is 5.58. The van der Waals surface area contributed by atoms with Crippen LogP contribution >= 0.6 is 0 Å². The van der Waals surface area contributed by atoms with E-state index in [1.807, 2.05) is 0 Å². The second-order valence-corrected chi connectivity index (χ2v) is 6.36. The fourth-order valence-corrected chi connectivity index (χ4v) is 2.96. The van der Waals surface area contributed by atoms with Gasteiger partial charge in [0.1, 0.15) is 17.5 Å². The van der Waals surface area contributed by atoms with E-state index in [4.69, 9.17) is 4.98 Å². The average Bonchev–Trinajstić information content (AvgIpc) is 3.22. The van der Waals surface area contributed by atoms with E-state index in [0.29, 0.717) is 11.3 Å². The summed E-state index contributed by atoms with van der Waals surface area (Å²) in [6.07, 6.45) is 7.85. The molecular weight excluding hydrogens is 248 g/mol. The van der Waals surface area contributed by atoms with Crippen LogP contribution in [0.3, 0.4) is 0 Å². The van der Waals surface area contributed by atoms with Crippen molar-refractivity contribution in [2.75, 3.05) is 23.7 Å². The highest BCUT2D eigenvalue weighted by molar-refractivity contribution is 5.48. The lowest BCUT2D eigenvalue weighted by molar-refractivity contribution is 0.145. The van der Waals surface area contributed by atoms with E-state index in [0.717, 1.165) is 30.5 Å². The number of rotatable bonds is 7. The molecule has 0 unspecified atom stereocenters. The number of hydrogen-bond acceptors (Lipinski definition) is 4. The van der Waals surface area contributed by atoms with Crippen molar-refractivity contribution in [3.8, 4) is 0 Å². The van der Waals surface area contributed by atoms with Gasteiger partial charge in [0.15, 0.2) is 0 Å². The molecule has 2 aliphatic carbocycles. The number of hydrogen-bond donors (Lipinski definition) is 2. The molecule has 0 spiro atoms. The molecule has 0 atom stereocenters. The van der Waals surface area contributed by atoms with Crippen molar-refractivity contribution in [2.45, 2.75) is 58.3 Å². The Bertz CT molecular complexity index is 458. The summed E-state index contributed by atoms with van der Waals surface area (Å²) in [5.41, 5.74) is 0.517. The van der Waals surface area contributed by atoms with Crippen molar-refractivity contribution in [1.82, 2.24) is 9.97 Å². The molecular formula is C16H26N4. The van der Waals surface area contributed by atoms with Crippen molar-refractivity contribution in [2.24, 2.45) is 5.41 Å². The maximum atomic E-state index is 4.71. The van der Waals surface area contributed by atoms with Crippen LogP contribution in [0.2, 0.25) is 0 Å². The van der Waals surface area contributed by atoms with Gasteiger partial charge in [-0.15, -0.1) is 0 Å². The molecule has 2 fully saturated rings. The monoisotopic (exact) mass is 274 g/mol. The van der Waals surface area contributed by atoms with E-state index >= 15 is 0 Å². The van der Waals surface area contributed by atoms with Crippen LogP contribution in [0.5, 0.6) is 0 Å². The molecule has 20 heavy (non-hydrogen) atoms. The van der Waals surface area contributed by atoms with Gasteiger partial charge in [-0.25, -0.2) is 9.97 Å². The van der Waals surface area contributed by atoms with Gasteiger partial charge in [-0.2, -0.15) is 0 Å². The first-order valence-corrected chi connectivity index (χ1v) is 8.11. The van der Waals surface area contributed by atoms with Crippen LogP contribution in [0.25, 0.3) is 0 Å². The Kier molecular flexibility index (Phi) is 3.81. The highest BCUT2D eigenvalue weighted by atomic mass is 15.1. The summed E-state index contributed by atoms with van der Waals surface area (Å²) in [6, 6.07) is 2.05. The molecule has 1 aromatic rings. The first-order valence-electron chi connectivity index (χ1n) is 8.11. The van der Waals surface area contributed by atoms with Gasteiger partial charge in [0.2, 0.25) is 0 Å². The lowest BCUT2D eigenvalue weighted by Gasteiger charge is -2.41. The minimum Gasteiger partial charge on any atom is -0.370 e. The molecule has 0 radical (unpaired) electrons. The zero-order valence-electron chi connectivity index (χ0n) is 12.7.